The first kappa shape index (κ1) is 19.3. The van der Waals surface area contributed by atoms with Gasteiger partial charge in [0.25, 0.3) is 5.91 Å². The number of rotatable bonds is 6. The van der Waals surface area contributed by atoms with Crippen molar-refractivity contribution in [3.05, 3.63) is 53.9 Å². The topological polar surface area (TPSA) is 115 Å². The second kappa shape index (κ2) is 8.03. The van der Waals surface area contributed by atoms with E-state index in [1.54, 1.807) is 36.0 Å². The zero-order valence-corrected chi connectivity index (χ0v) is 16.1. The van der Waals surface area contributed by atoms with Crippen LogP contribution in [0.5, 0.6) is 0 Å². The van der Waals surface area contributed by atoms with Crippen molar-refractivity contribution in [1.82, 2.24) is 30.3 Å². The van der Waals surface area contributed by atoms with Gasteiger partial charge in [-0.05, 0) is 23.6 Å². The molecule has 0 saturated heterocycles. The number of ether oxygens (including phenoxy) is 1. The lowest BCUT2D eigenvalue weighted by atomic mass is 10.0. The molecule has 0 aliphatic heterocycles. The summed E-state index contributed by atoms with van der Waals surface area (Å²) in [4.78, 5) is 29.0. The Morgan fingerprint density at radius 3 is 2.71 bits per heavy atom. The highest BCUT2D eigenvalue weighted by atomic mass is 16.5. The molecule has 9 nitrogen and oxygen atoms in total. The Hall–Kier alpha value is -3.49. The number of aryl methyl sites for hydroxylation is 1. The summed E-state index contributed by atoms with van der Waals surface area (Å²) >= 11 is 0. The number of hydrogen-bond acceptors (Lipinski definition) is 6. The van der Waals surface area contributed by atoms with Crippen molar-refractivity contribution in [2.24, 2.45) is 13.0 Å². The number of H-pyrrole nitrogens is 1. The first-order valence-electron chi connectivity index (χ1n) is 8.79. The third-order valence-electron chi connectivity index (χ3n) is 4.44. The van der Waals surface area contributed by atoms with Crippen LogP contribution >= 0.6 is 0 Å². The molecule has 0 unspecified atom stereocenters. The highest BCUT2D eigenvalue weighted by Crippen LogP contribution is 2.25. The molecular formula is C19H22N6O3. The summed E-state index contributed by atoms with van der Waals surface area (Å²) in [5, 5.41) is 13.6. The van der Waals surface area contributed by atoms with Crippen molar-refractivity contribution in [2.45, 2.75) is 19.9 Å². The van der Waals surface area contributed by atoms with Crippen LogP contribution in [-0.2, 0) is 11.8 Å². The smallest absolute Gasteiger partial charge is 0.356 e. The maximum Gasteiger partial charge on any atom is 0.356 e. The van der Waals surface area contributed by atoms with Gasteiger partial charge in [0.05, 0.1) is 19.3 Å². The molecule has 1 amide bonds. The summed E-state index contributed by atoms with van der Waals surface area (Å²) in [5.41, 5.74) is 1.94. The number of amides is 1. The Kier molecular flexibility index (Phi) is 5.53. The van der Waals surface area contributed by atoms with Crippen LogP contribution in [0.25, 0.3) is 11.1 Å². The van der Waals surface area contributed by atoms with E-state index in [0.717, 1.165) is 0 Å². The number of methoxy groups -OCH3 is 1. The maximum absolute atomic E-state index is 12.9. The molecule has 146 valence electrons. The van der Waals surface area contributed by atoms with Crippen LogP contribution in [0.15, 0.2) is 36.8 Å². The molecule has 0 radical (unpaired) electrons. The van der Waals surface area contributed by atoms with Crippen LogP contribution in [0.2, 0.25) is 0 Å². The zero-order valence-electron chi connectivity index (χ0n) is 16.1. The number of benzene rings is 1. The molecule has 9 heteroatoms. The molecule has 0 aliphatic carbocycles. The second-order valence-corrected chi connectivity index (χ2v) is 6.67. The Balaban J connectivity index is 1.88. The Morgan fingerprint density at radius 2 is 2.07 bits per heavy atom. The van der Waals surface area contributed by atoms with E-state index >= 15 is 0 Å². The number of carbonyl (C=O) groups is 2. The first-order chi connectivity index (χ1) is 13.4. The van der Waals surface area contributed by atoms with Crippen molar-refractivity contribution >= 4 is 11.9 Å². The molecule has 0 fully saturated rings. The lowest BCUT2D eigenvalue weighted by molar-refractivity contribution is 0.0594. The van der Waals surface area contributed by atoms with Gasteiger partial charge in [-0.1, -0.05) is 26.0 Å². The molecule has 0 saturated carbocycles. The van der Waals surface area contributed by atoms with Crippen molar-refractivity contribution in [1.29, 1.82) is 0 Å². The lowest BCUT2D eigenvalue weighted by Crippen LogP contribution is -2.33. The minimum Gasteiger partial charge on any atom is -0.464 e. The van der Waals surface area contributed by atoms with Crippen LogP contribution in [0.4, 0.5) is 0 Å². The number of carbonyl (C=O) groups excluding carboxylic acids is 2. The van der Waals surface area contributed by atoms with E-state index in [2.05, 4.69) is 25.6 Å². The van der Waals surface area contributed by atoms with Gasteiger partial charge in [-0.15, -0.1) is 0 Å². The standard InChI is InChI=1S/C19H22N6O3/c1-11(2)15(17-20-10-22-25(17)3)23-18(26)13-7-5-6-12(8-13)14-9-21-24-16(14)19(27)28-4/h5-11,15H,1-4H3,(H,21,24)(H,23,26)/t15-/m0/s1. The van der Waals surface area contributed by atoms with Crippen LogP contribution in [0.1, 0.15) is 46.6 Å². The van der Waals surface area contributed by atoms with E-state index in [4.69, 9.17) is 4.74 Å². The fourth-order valence-corrected chi connectivity index (χ4v) is 2.93. The minimum atomic E-state index is -0.524. The lowest BCUT2D eigenvalue weighted by Gasteiger charge is -2.21. The molecular weight excluding hydrogens is 360 g/mol. The monoisotopic (exact) mass is 382 g/mol. The van der Waals surface area contributed by atoms with Crippen molar-refractivity contribution in [3.63, 3.8) is 0 Å². The van der Waals surface area contributed by atoms with E-state index in [-0.39, 0.29) is 23.6 Å². The van der Waals surface area contributed by atoms with Crippen LogP contribution in [0, 0.1) is 5.92 Å². The summed E-state index contributed by atoms with van der Waals surface area (Å²) in [6.07, 6.45) is 2.99. The van der Waals surface area contributed by atoms with E-state index in [1.165, 1.54) is 19.6 Å². The van der Waals surface area contributed by atoms with Crippen molar-refractivity contribution < 1.29 is 14.3 Å². The van der Waals surface area contributed by atoms with Crippen molar-refractivity contribution in [3.8, 4) is 11.1 Å². The van der Waals surface area contributed by atoms with Gasteiger partial charge in [0.15, 0.2) is 5.69 Å². The largest absolute Gasteiger partial charge is 0.464 e. The van der Waals surface area contributed by atoms with Gasteiger partial charge in [0.1, 0.15) is 12.2 Å². The normalized spacial score (nSPS) is 12.0. The Bertz CT molecular complexity index is 991. The number of aromatic amines is 1. The average Bonchev–Trinajstić information content (AvgIpc) is 3.34. The Labute approximate surface area is 162 Å². The quantitative estimate of drug-likeness (QED) is 0.631. The summed E-state index contributed by atoms with van der Waals surface area (Å²) in [5.74, 6) is 0.0355. The molecule has 3 rings (SSSR count). The summed E-state index contributed by atoms with van der Waals surface area (Å²) in [7, 11) is 3.09. The Morgan fingerprint density at radius 1 is 1.29 bits per heavy atom. The molecule has 0 bridgehead atoms. The molecule has 0 aliphatic rings. The number of nitrogens with one attached hydrogen (secondary N) is 2. The molecule has 1 aromatic carbocycles. The number of hydrogen-bond donors (Lipinski definition) is 2. The van der Waals surface area contributed by atoms with Gasteiger partial charge >= 0.3 is 5.97 Å². The predicted molar refractivity (Wildman–Crippen MR) is 101 cm³/mol. The van der Waals surface area contributed by atoms with Crippen LogP contribution < -0.4 is 5.32 Å². The van der Waals surface area contributed by atoms with Crippen LogP contribution in [0.3, 0.4) is 0 Å². The van der Waals surface area contributed by atoms with E-state index in [9.17, 15) is 9.59 Å². The average molecular weight is 382 g/mol. The molecule has 3 aromatic rings. The van der Waals surface area contributed by atoms with E-state index < -0.39 is 5.97 Å². The number of aromatic nitrogens is 5. The van der Waals surface area contributed by atoms with Crippen LogP contribution in [-0.4, -0.2) is 43.9 Å². The maximum atomic E-state index is 12.9. The molecule has 28 heavy (non-hydrogen) atoms. The third-order valence-corrected chi connectivity index (χ3v) is 4.44. The van der Waals surface area contributed by atoms with E-state index in [1.807, 2.05) is 13.8 Å². The molecule has 1 atom stereocenters. The second-order valence-electron chi connectivity index (χ2n) is 6.67. The fourth-order valence-electron chi connectivity index (χ4n) is 2.93. The van der Waals surface area contributed by atoms with Gasteiger partial charge < -0.3 is 10.1 Å². The van der Waals surface area contributed by atoms with Gasteiger partial charge in [-0.2, -0.15) is 10.2 Å². The molecule has 2 aromatic heterocycles. The summed E-state index contributed by atoms with van der Waals surface area (Å²) in [6.45, 7) is 4.01. The molecule has 0 spiro atoms. The third kappa shape index (κ3) is 3.78. The zero-order chi connectivity index (χ0) is 20.3. The number of esters is 1. The SMILES string of the molecule is COC(=O)c1[nH]ncc1-c1cccc(C(=O)N[C@H](c2ncnn2C)C(C)C)c1. The predicted octanol–water partition coefficient (Wildman–Crippen LogP) is 2.12. The van der Waals surface area contributed by atoms with Gasteiger partial charge in [0.2, 0.25) is 0 Å². The molecule has 2 N–H and O–H groups in total. The highest BCUT2D eigenvalue weighted by Gasteiger charge is 2.24. The number of nitrogens with zero attached hydrogens (tertiary/aromatic N) is 4. The van der Waals surface area contributed by atoms with Gasteiger partial charge in [-0.25, -0.2) is 9.78 Å². The van der Waals surface area contributed by atoms with E-state index in [0.29, 0.717) is 22.5 Å². The summed E-state index contributed by atoms with van der Waals surface area (Å²) in [6, 6.07) is 6.69. The van der Waals surface area contributed by atoms with Gasteiger partial charge in [0, 0.05) is 18.2 Å². The van der Waals surface area contributed by atoms with Crippen molar-refractivity contribution in [2.75, 3.05) is 7.11 Å². The summed E-state index contributed by atoms with van der Waals surface area (Å²) < 4.78 is 6.41. The fraction of sp³-hybridized carbons (Fsp3) is 0.316. The first-order valence-corrected chi connectivity index (χ1v) is 8.79. The minimum absolute atomic E-state index is 0.120. The highest BCUT2D eigenvalue weighted by molar-refractivity contribution is 5.98. The molecule has 2 heterocycles. The van der Waals surface area contributed by atoms with Gasteiger partial charge in [-0.3, -0.25) is 14.6 Å².